The van der Waals surface area contributed by atoms with Gasteiger partial charge in [-0.25, -0.2) is 0 Å². The first-order chi connectivity index (χ1) is 10.5. The summed E-state index contributed by atoms with van der Waals surface area (Å²) in [6.07, 6.45) is 5.07. The SMILES string of the molecule is C[C@@H](NC(=O)c1ccc(N)c([N+](=O)[O-])c1)[C@H]1C[C@H]2CC[C@H]1C2. The van der Waals surface area contributed by atoms with Gasteiger partial charge in [0.25, 0.3) is 11.6 Å². The number of nitrogens with two attached hydrogens (primary N) is 1. The number of benzene rings is 1. The van der Waals surface area contributed by atoms with Crippen molar-refractivity contribution < 1.29 is 9.72 Å². The van der Waals surface area contributed by atoms with Gasteiger partial charge >= 0.3 is 0 Å². The van der Waals surface area contributed by atoms with E-state index in [1.807, 2.05) is 6.92 Å². The summed E-state index contributed by atoms with van der Waals surface area (Å²) in [7, 11) is 0. The molecule has 3 rings (SSSR count). The maximum absolute atomic E-state index is 12.3. The van der Waals surface area contributed by atoms with E-state index in [2.05, 4.69) is 5.32 Å². The highest BCUT2D eigenvalue weighted by atomic mass is 16.6. The second kappa shape index (κ2) is 5.59. The number of nitrogens with zero attached hydrogens (tertiary/aromatic N) is 1. The molecule has 2 aliphatic rings. The number of carbonyl (C=O) groups excluding carboxylic acids is 1. The Kier molecular flexibility index (Phi) is 3.76. The van der Waals surface area contributed by atoms with Crippen molar-refractivity contribution in [1.82, 2.24) is 5.32 Å². The number of nitrogens with one attached hydrogen (secondary N) is 1. The molecule has 0 aliphatic heterocycles. The van der Waals surface area contributed by atoms with E-state index in [-0.39, 0.29) is 28.9 Å². The van der Waals surface area contributed by atoms with Crippen molar-refractivity contribution in [3.63, 3.8) is 0 Å². The lowest BCUT2D eigenvalue weighted by Gasteiger charge is -2.28. The summed E-state index contributed by atoms with van der Waals surface area (Å²) in [6.45, 7) is 2.04. The highest BCUT2D eigenvalue weighted by Crippen LogP contribution is 2.49. The molecule has 2 saturated carbocycles. The standard InChI is InChI=1S/C16H21N3O3/c1-9(13-7-10-2-3-11(13)6-10)18-16(20)12-4-5-14(17)15(8-12)19(21)22/h4-5,8-11,13H,2-3,6-7,17H2,1H3,(H,18,20)/t9-,10+,11+,13-/m1/s1. The zero-order valence-electron chi connectivity index (χ0n) is 12.6. The van der Waals surface area contributed by atoms with Crippen LogP contribution < -0.4 is 11.1 Å². The molecular formula is C16H21N3O3. The third-order valence-corrected chi connectivity index (χ3v) is 5.28. The van der Waals surface area contributed by atoms with Gasteiger partial charge in [-0.15, -0.1) is 0 Å². The molecule has 1 amide bonds. The molecule has 0 saturated heterocycles. The van der Waals surface area contributed by atoms with E-state index in [0.29, 0.717) is 5.92 Å². The minimum atomic E-state index is -0.564. The molecular weight excluding hydrogens is 282 g/mol. The number of nitrogen functional groups attached to an aromatic ring is 1. The number of nitro benzene ring substituents is 1. The van der Waals surface area contributed by atoms with Crippen LogP contribution in [0.4, 0.5) is 11.4 Å². The molecule has 2 fully saturated rings. The molecule has 4 atom stereocenters. The molecule has 6 heteroatoms. The lowest BCUT2D eigenvalue weighted by atomic mass is 9.84. The summed E-state index contributed by atoms with van der Waals surface area (Å²) in [5.41, 5.74) is 5.70. The van der Waals surface area contributed by atoms with Crippen LogP contribution in [0.3, 0.4) is 0 Å². The Morgan fingerprint density at radius 3 is 2.77 bits per heavy atom. The van der Waals surface area contributed by atoms with E-state index in [1.54, 1.807) is 0 Å². The van der Waals surface area contributed by atoms with Crippen LogP contribution in [0.15, 0.2) is 18.2 Å². The van der Waals surface area contributed by atoms with E-state index in [4.69, 9.17) is 5.73 Å². The molecule has 3 N–H and O–H groups in total. The van der Waals surface area contributed by atoms with Crippen LogP contribution in [0.25, 0.3) is 0 Å². The number of rotatable bonds is 4. The summed E-state index contributed by atoms with van der Waals surface area (Å²) < 4.78 is 0. The zero-order valence-corrected chi connectivity index (χ0v) is 12.6. The molecule has 118 valence electrons. The molecule has 6 nitrogen and oxygen atoms in total. The third kappa shape index (κ3) is 2.65. The number of carbonyl (C=O) groups is 1. The van der Waals surface area contributed by atoms with Gasteiger partial charge in [0.2, 0.25) is 0 Å². The minimum Gasteiger partial charge on any atom is -0.393 e. The second-order valence-electron chi connectivity index (χ2n) is 6.63. The molecule has 0 radical (unpaired) electrons. The van der Waals surface area contributed by atoms with Crippen LogP contribution in [0.1, 0.15) is 43.0 Å². The van der Waals surface area contributed by atoms with E-state index in [0.717, 1.165) is 11.8 Å². The van der Waals surface area contributed by atoms with Crippen molar-refractivity contribution >= 4 is 17.3 Å². The van der Waals surface area contributed by atoms with Crippen molar-refractivity contribution in [2.45, 2.75) is 38.6 Å². The van der Waals surface area contributed by atoms with Gasteiger partial charge in [-0.2, -0.15) is 0 Å². The average molecular weight is 303 g/mol. The highest BCUT2D eigenvalue weighted by molar-refractivity contribution is 5.95. The number of hydrogen-bond donors (Lipinski definition) is 2. The third-order valence-electron chi connectivity index (χ3n) is 5.28. The fourth-order valence-electron chi connectivity index (χ4n) is 4.15. The number of amides is 1. The molecule has 22 heavy (non-hydrogen) atoms. The van der Waals surface area contributed by atoms with E-state index >= 15 is 0 Å². The van der Waals surface area contributed by atoms with E-state index in [9.17, 15) is 14.9 Å². The summed E-state index contributed by atoms with van der Waals surface area (Å²) in [5, 5.41) is 13.9. The Balaban J connectivity index is 1.69. The Bertz CT molecular complexity index is 617. The fraction of sp³-hybridized carbons (Fsp3) is 0.562. The lowest BCUT2D eigenvalue weighted by Crippen LogP contribution is -2.40. The maximum Gasteiger partial charge on any atom is 0.292 e. The number of fused-ring (bicyclic) bond motifs is 2. The molecule has 0 unspecified atom stereocenters. The van der Waals surface area contributed by atoms with Crippen LogP contribution in [0.2, 0.25) is 0 Å². The Morgan fingerprint density at radius 2 is 2.18 bits per heavy atom. The molecule has 2 bridgehead atoms. The average Bonchev–Trinajstić information content (AvgIpc) is 3.09. The summed E-state index contributed by atoms with van der Waals surface area (Å²) >= 11 is 0. The lowest BCUT2D eigenvalue weighted by molar-refractivity contribution is -0.383. The molecule has 2 aliphatic carbocycles. The van der Waals surface area contributed by atoms with Gasteiger partial charge in [0.05, 0.1) is 4.92 Å². The monoisotopic (exact) mass is 303 g/mol. The van der Waals surface area contributed by atoms with Gasteiger partial charge in [-0.05, 0) is 56.1 Å². The summed E-state index contributed by atoms with van der Waals surface area (Å²) in [6, 6.07) is 4.29. The first-order valence-corrected chi connectivity index (χ1v) is 7.80. The van der Waals surface area contributed by atoms with Gasteiger partial charge in [0.1, 0.15) is 5.69 Å². The van der Waals surface area contributed by atoms with Crippen LogP contribution in [-0.4, -0.2) is 16.9 Å². The summed E-state index contributed by atoms with van der Waals surface area (Å²) in [4.78, 5) is 22.7. The molecule has 0 spiro atoms. The maximum atomic E-state index is 12.3. The van der Waals surface area contributed by atoms with Gasteiger partial charge in [-0.3, -0.25) is 14.9 Å². The van der Waals surface area contributed by atoms with Crippen molar-refractivity contribution in [1.29, 1.82) is 0 Å². The van der Waals surface area contributed by atoms with Crippen LogP contribution in [0, 0.1) is 27.9 Å². The normalized spacial score (nSPS) is 27.6. The van der Waals surface area contributed by atoms with Gasteiger partial charge < -0.3 is 11.1 Å². The smallest absolute Gasteiger partial charge is 0.292 e. The quantitative estimate of drug-likeness (QED) is 0.507. The Hall–Kier alpha value is -2.11. The topological polar surface area (TPSA) is 98.3 Å². The predicted molar refractivity (Wildman–Crippen MR) is 83.4 cm³/mol. The molecule has 0 aromatic heterocycles. The first kappa shape index (κ1) is 14.8. The Morgan fingerprint density at radius 1 is 1.41 bits per heavy atom. The van der Waals surface area contributed by atoms with Crippen molar-refractivity contribution in [3.05, 3.63) is 33.9 Å². The molecule has 1 aromatic carbocycles. The van der Waals surface area contributed by atoms with Gasteiger partial charge in [-0.1, -0.05) is 6.42 Å². The van der Waals surface area contributed by atoms with Gasteiger partial charge in [0, 0.05) is 17.7 Å². The van der Waals surface area contributed by atoms with E-state index < -0.39 is 4.92 Å². The second-order valence-corrected chi connectivity index (χ2v) is 6.63. The van der Waals surface area contributed by atoms with Crippen molar-refractivity contribution in [2.75, 3.05) is 5.73 Å². The van der Waals surface area contributed by atoms with Crippen molar-refractivity contribution in [3.8, 4) is 0 Å². The number of hydrogen-bond acceptors (Lipinski definition) is 4. The van der Waals surface area contributed by atoms with Crippen LogP contribution in [-0.2, 0) is 0 Å². The van der Waals surface area contributed by atoms with Crippen LogP contribution in [0.5, 0.6) is 0 Å². The largest absolute Gasteiger partial charge is 0.393 e. The predicted octanol–water partition coefficient (Wildman–Crippen LogP) is 2.73. The first-order valence-electron chi connectivity index (χ1n) is 7.80. The highest BCUT2D eigenvalue weighted by Gasteiger charge is 2.42. The molecule has 0 heterocycles. The minimum absolute atomic E-state index is 0.0719. The zero-order chi connectivity index (χ0) is 15.9. The van der Waals surface area contributed by atoms with Gasteiger partial charge in [0.15, 0.2) is 0 Å². The fourth-order valence-corrected chi connectivity index (χ4v) is 4.15. The molecule has 1 aromatic rings. The number of anilines is 1. The van der Waals surface area contributed by atoms with E-state index in [1.165, 1.54) is 43.9 Å². The number of nitro groups is 1. The van der Waals surface area contributed by atoms with Crippen molar-refractivity contribution in [2.24, 2.45) is 17.8 Å². The Labute approximate surface area is 129 Å². The van der Waals surface area contributed by atoms with Crippen LogP contribution >= 0.6 is 0 Å². The summed E-state index contributed by atoms with van der Waals surface area (Å²) in [5.74, 6) is 1.82.